The Balaban J connectivity index is 2.03. The van der Waals surface area contributed by atoms with Crippen molar-refractivity contribution in [3.05, 3.63) is 94.5 Å². The molecular formula is C24H24ClNO. The van der Waals surface area contributed by atoms with Gasteiger partial charge >= 0.3 is 0 Å². The monoisotopic (exact) mass is 377 g/mol. The molecule has 0 bridgehead atoms. The smallest absolute Gasteiger partial charge is 0.116 e. The van der Waals surface area contributed by atoms with Gasteiger partial charge in [-0.2, -0.15) is 0 Å². The molecule has 0 aliphatic carbocycles. The predicted octanol–water partition coefficient (Wildman–Crippen LogP) is 6.10. The third-order valence-corrected chi connectivity index (χ3v) is 4.72. The van der Waals surface area contributed by atoms with Crippen molar-refractivity contribution in [2.75, 3.05) is 20.6 Å². The van der Waals surface area contributed by atoms with Gasteiger partial charge in [0.2, 0.25) is 0 Å². The van der Waals surface area contributed by atoms with E-state index in [9.17, 15) is 5.11 Å². The van der Waals surface area contributed by atoms with Crippen LogP contribution in [0, 0.1) is 0 Å². The number of hydrogen-bond acceptors (Lipinski definition) is 2. The third-order valence-electron chi connectivity index (χ3n) is 4.47. The molecule has 3 aromatic carbocycles. The standard InChI is InChI=1S/C24H24ClNO/c1-17(16-26(2)3)24(21-5-4-6-23(27)15-21)20-9-7-18(8-10-20)19-11-13-22(25)14-12-19/h4-15,27H,16H2,1-3H3/b24-17-. The molecule has 0 heterocycles. The second-order valence-corrected chi connectivity index (χ2v) is 7.46. The van der Waals surface area contributed by atoms with Crippen molar-refractivity contribution in [2.45, 2.75) is 6.92 Å². The van der Waals surface area contributed by atoms with E-state index in [1.54, 1.807) is 6.07 Å². The number of halogens is 1. The lowest BCUT2D eigenvalue weighted by Crippen LogP contribution is -2.15. The van der Waals surface area contributed by atoms with Gasteiger partial charge in [-0.1, -0.05) is 65.7 Å². The Morgan fingerprint density at radius 3 is 2.00 bits per heavy atom. The van der Waals surface area contributed by atoms with Crippen LogP contribution in [0.25, 0.3) is 16.7 Å². The summed E-state index contributed by atoms with van der Waals surface area (Å²) in [4.78, 5) is 2.15. The van der Waals surface area contributed by atoms with Gasteiger partial charge in [-0.25, -0.2) is 0 Å². The summed E-state index contributed by atoms with van der Waals surface area (Å²) in [6.07, 6.45) is 0. The third kappa shape index (κ3) is 4.79. The van der Waals surface area contributed by atoms with Gasteiger partial charge in [0, 0.05) is 11.6 Å². The van der Waals surface area contributed by atoms with E-state index in [2.05, 4.69) is 50.2 Å². The lowest BCUT2D eigenvalue weighted by atomic mass is 9.92. The minimum Gasteiger partial charge on any atom is -0.508 e. The molecule has 0 saturated carbocycles. The van der Waals surface area contributed by atoms with Crippen molar-refractivity contribution < 1.29 is 5.11 Å². The van der Waals surface area contributed by atoms with Crippen molar-refractivity contribution in [3.63, 3.8) is 0 Å². The van der Waals surface area contributed by atoms with Crippen molar-refractivity contribution >= 4 is 17.2 Å². The Morgan fingerprint density at radius 2 is 1.44 bits per heavy atom. The van der Waals surface area contributed by atoms with Crippen LogP contribution in [-0.4, -0.2) is 30.6 Å². The second kappa shape index (κ2) is 8.43. The summed E-state index contributed by atoms with van der Waals surface area (Å²) in [6, 6.07) is 23.9. The normalized spacial score (nSPS) is 12.2. The number of likely N-dealkylation sites (N-methyl/N-ethyl adjacent to an activating group) is 1. The highest BCUT2D eigenvalue weighted by molar-refractivity contribution is 6.30. The number of phenolic OH excluding ortho intramolecular Hbond substituents is 1. The fourth-order valence-electron chi connectivity index (χ4n) is 3.35. The van der Waals surface area contributed by atoms with Crippen LogP contribution in [0.5, 0.6) is 5.75 Å². The molecule has 3 aromatic rings. The average Bonchev–Trinajstić information content (AvgIpc) is 2.63. The maximum Gasteiger partial charge on any atom is 0.116 e. The quantitative estimate of drug-likeness (QED) is 0.581. The van der Waals surface area contributed by atoms with E-state index in [4.69, 9.17) is 11.6 Å². The molecule has 0 radical (unpaired) electrons. The van der Waals surface area contributed by atoms with Gasteiger partial charge < -0.3 is 10.0 Å². The van der Waals surface area contributed by atoms with Crippen molar-refractivity contribution in [3.8, 4) is 16.9 Å². The van der Waals surface area contributed by atoms with Gasteiger partial charge in [0.25, 0.3) is 0 Å². The van der Waals surface area contributed by atoms with Crippen LogP contribution in [0.3, 0.4) is 0 Å². The van der Waals surface area contributed by atoms with Crippen LogP contribution < -0.4 is 0 Å². The highest BCUT2D eigenvalue weighted by Gasteiger charge is 2.11. The SMILES string of the molecule is C/C(CN(C)C)=C(\c1ccc(-c2ccc(Cl)cc2)cc1)c1cccc(O)c1. The summed E-state index contributed by atoms with van der Waals surface area (Å²) in [6.45, 7) is 3.00. The molecule has 138 valence electrons. The van der Waals surface area contributed by atoms with Crippen molar-refractivity contribution in [2.24, 2.45) is 0 Å². The molecule has 0 aromatic heterocycles. The highest BCUT2D eigenvalue weighted by Crippen LogP contribution is 2.31. The zero-order valence-electron chi connectivity index (χ0n) is 15.9. The summed E-state index contributed by atoms with van der Waals surface area (Å²) in [7, 11) is 4.13. The molecule has 3 heteroatoms. The lowest BCUT2D eigenvalue weighted by molar-refractivity contribution is 0.446. The van der Waals surface area contributed by atoms with E-state index in [1.807, 2.05) is 42.5 Å². The molecule has 1 N–H and O–H groups in total. The van der Waals surface area contributed by atoms with E-state index in [-0.39, 0.29) is 5.75 Å². The van der Waals surface area contributed by atoms with Gasteiger partial charge in [0.05, 0.1) is 0 Å². The Morgan fingerprint density at radius 1 is 0.852 bits per heavy atom. The summed E-state index contributed by atoms with van der Waals surface area (Å²) in [5.74, 6) is 0.278. The van der Waals surface area contributed by atoms with E-state index in [0.717, 1.165) is 39.4 Å². The highest BCUT2D eigenvalue weighted by atomic mass is 35.5. The Kier molecular flexibility index (Phi) is 6.00. The molecule has 0 spiro atoms. The average molecular weight is 378 g/mol. The molecule has 0 saturated heterocycles. The number of aromatic hydroxyl groups is 1. The van der Waals surface area contributed by atoms with Crippen LogP contribution in [0.2, 0.25) is 5.02 Å². The number of benzene rings is 3. The predicted molar refractivity (Wildman–Crippen MR) is 115 cm³/mol. The molecule has 0 amide bonds. The lowest BCUT2D eigenvalue weighted by Gasteiger charge is -2.17. The van der Waals surface area contributed by atoms with Gasteiger partial charge in [0.15, 0.2) is 0 Å². The van der Waals surface area contributed by atoms with E-state index >= 15 is 0 Å². The molecular weight excluding hydrogens is 354 g/mol. The van der Waals surface area contributed by atoms with Crippen LogP contribution in [0.4, 0.5) is 0 Å². The minimum absolute atomic E-state index is 0.278. The molecule has 27 heavy (non-hydrogen) atoms. The Labute approximate surface area is 166 Å². The number of rotatable bonds is 5. The Hall–Kier alpha value is -2.55. The molecule has 0 unspecified atom stereocenters. The number of phenols is 1. The second-order valence-electron chi connectivity index (χ2n) is 7.03. The van der Waals surface area contributed by atoms with Gasteiger partial charge in [-0.3, -0.25) is 0 Å². The number of nitrogens with zero attached hydrogens (tertiary/aromatic N) is 1. The van der Waals surface area contributed by atoms with Crippen LogP contribution in [-0.2, 0) is 0 Å². The van der Waals surface area contributed by atoms with Gasteiger partial charge in [-0.15, -0.1) is 0 Å². The Bertz CT molecular complexity index is 941. The first-order valence-corrected chi connectivity index (χ1v) is 9.32. The summed E-state index contributed by atoms with van der Waals surface area (Å²) < 4.78 is 0. The van der Waals surface area contributed by atoms with Gasteiger partial charge in [0.1, 0.15) is 5.75 Å². The molecule has 2 nitrogen and oxygen atoms in total. The van der Waals surface area contributed by atoms with Gasteiger partial charge in [-0.05, 0) is 73.1 Å². The summed E-state index contributed by atoms with van der Waals surface area (Å²) in [5.41, 5.74) is 6.85. The molecule has 0 aliphatic heterocycles. The van der Waals surface area contributed by atoms with Crippen LogP contribution >= 0.6 is 11.6 Å². The van der Waals surface area contributed by atoms with E-state index in [1.165, 1.54) is 5.57 Å². The molecule has 0 atom stereocenters. The molecule has 0 aliphatic rings. The van der Waals surface area contributed by atoms with Crippen molar-refractivity contribution in [1.29, 1.82) is 0 Å². The first-order chi connectivity index (χ1) is 12.9. The van der Waals surface area contributed by atoms with Crippen LogP contribution in [0.15, 0.2) is 78.4 Å². The minimum atomic E-state index is 0.278. The molecule has 0 fully saturated rings. The maximum atomic E-state index is 9.94. The first kappa shape index (κ1) is 19.2. The zero-order valence-corrected chi connectivity index (χ0v) is 16.7. The topological polar surface area (TPSA) is 23.5 Å². The first-order valence-electron chi connectivity index (χ1n) is 8.94. The molecule has 3 rings (SSSR count). The van der Waals surface area contributed by atoms with Crippen LogP contribution in [0.1, 0.15) is 18.1 Å². The largest absolute Gasteiger partial charge is 0.508 e. The maximum absolute atomic E-state index is 9.94. The van der Waals surface area contributed by atoms with E-state index in [0.29, 0.717) is 0 Å². The summed E-state index contributed by atoms with van der Waals surface area (Å²) in [5, 5.41) is 10.7. The number of hydrogen-bond donors (Lipinski definition) is 1. The fraction of sp³-hybridized carbons (Fsp3) is 0.167. The zero-order chi connectivity index (χ0) is 19.4. The summed E-state index contributed by atoms with van der Waals surface area (Å²) >= 11 is 5.99. The van der Waals surface area contributed by atoms with Crippen molar-refractivity contribution in [1.82, 2.24) is 4.90 Å². The fourth-order valence-corrected chi connectivity index (χ4v) is 3.47. The van der Waals surface area contributed by atoms with E-state index < -0.39 is 0 Å².